The Morgan fingerprint density at radius 2 is 1.79 bits per heavy atom. The summed E-state index contributed by atoms with van der Waals surface area (Å²) in [5, 5.41) is 0. The van der Waals surface area contributed by atoms with Crippen LogP contribution in [0, 0.1) is 0 Å². The van der Waals surface area contributed by atoms with Crippen molar-refractivity contribution in [2.75, 3.05) is 33.0 Å². The number of fused-ring (bicyclic) bond motifs is 1. The number of hydrogen-bond acceptors (Lipinski definition) is 4. The van der Waals surface area contributed by atoms with Crippen molar-refractivity contribution in [3.05, 3.63) is 29.8 Å². The van der Waals surface area contributed by atoms with E-state index >= 15 is 0 Å². The van der Waals surface area contributed by atoms with Crippen molar-refractivity contribution in [3.63, 3.8) is 0 Å². The van der Waals surface area contributed by atoms with E-state index < -0.39 is 0 Å². The summed E-state index contributed by atoms with van der Waals surface area (Å²) in [7, 11) is 0. The van der Waals surface area contributed by atoms with Crippen molar-refractivity contribution in [1.29, 1.82) is 0 Å². The number of ether oxygens (including phenoxy) is 2. The molecule has 1 aromatic rings. The minimum atomic E-state index is 0.0961. The first-order valence-electron chi connectivity index (χ1n) is 8.90. The third kappa shape index (κ3) is 3.26. The summed E-state index contributed by atoms with van der Waals surface area (Å²) in [6.07, 6.45) is 8.91. The first-order chi connectivity index (χ1) is 11.8. The number of carbonyl (C=O) groups is 1. The number of amides is 1. The molecule has 0 aromatic heterocycles. The van der Waals surface area contributed by atoms with Gasteiger partial charge in [0, 0.05) is 38.3 Å². The highest BCUT2D eigenvalue weighted by Gasteiger charge is 2.27. The van der Waals surface area contributed by atoms with Crippen molar-refractivity contribution in [1.82, 2.24) is 9.80 Å². The van der Waals surface area contributed by atoms with Crippen LogP contribution in [-0.2, 0) is 4.79 Å². The molecular formula is C19H24N2O3. The molecule has 1 aromatic carbocycles. The van der Waals surface area contributed by atoms with E-state index in [4.69, 9.17) is 9.47 Å². The van der Waals surface area contributed by atoms with Crippen LogP contribution in [0.1, 0.15) is 31.2 Å². The van der Waals surface area contributed by atoms with E-state index in [9.17, 15) is 4.79 Å². The lowest BCUT2D eigenvalue weighted by atomic mass is 10.1. The van der Waals surface area contributed by atoms with Gasteiger partial charge in [-0.3, -0.25) is 9.69 Å². The van der Waals surface area contributed by atoms with Crippen molar-refractivity contribution in [2.45, 2.75) is 31.7 Å². The third-order valence-corrected chi connectivity index (χ3v) is 5.28. The van der Waals surface area contributed by atoms with Gasteiger partial charge >= 0.3 is 0 Å². The van der Waals surface area contributed by atoms with Crippen LogP contribution in [0.5, 0.6) is 11.5 Å². The lowest BCUT2D eigenvalue weighted by Crippen LogP contribution is -2.51. The summed E-state index contributed by atoms with van der Waals surface area (Å²) in [5.41, 5.74) is 0.956. The molecular weight excluding hydrogens is 304 g/mol. The van der Waals surface area contributed by atoms with Gasteiger partial charge in [-0.2, -0.15) is 0 Å². The lowest BCUT2D eigenvalue weighted by molar-refractivity contribution is -0.127. The van der Waals surface area contributed by atoms with Gasteiger partial charge in [-0.15, -0.1) is 0 Å². The number of benzene rings is 1. The molecule has 1 aliphatic carbocycles. The summed E-state index contributed by atoms with van der Waals surface area (Å²) < 4.78 is 10.7. The molecule has 0 unspecified atom stereocenters. The molecule has 1 amide bonds. The van der Waals surface area contributed by atoms with E-state index in [0.717, 1.165) is 49.3 Å². The van der Waals surface area contributed by atoms with Gasteiger partial charge in [-0.25, -0.2) is 0 Å². The Morgan fingerprint density at radius 3 is 2.58 bits per heavy atom. The van der Waals surface area contributed by atoms with Crippen LogP contribution in [0.15, 0.2) is 24.3 Å². The predicted octanol–water partition coefficient (Wildman–Crippen LogP) is 2.52. The van der Waals surface area contributed by atoms with Gasteiger partial charge in [-0.05, 0) is 36.6 Å². The van der Waals surface area contributed by atoms with E-state index in [1.165, 1.54) is 25.7 Å². The molecule has 0 bridgehead atoms. The molecule has 0 spiro atoms. The van der Waals surface area contributed by atoms with Crippen molar-refractivity contribution >= 4 is 12.0 Å². The minimum Gasteiger partial charge on any atom is -0.454 e. The summed E-state index contributed by atoms with van der Waals surface area (Å²) in [5.74, 6) is 1.61. The van der Waals surface area contributed by atoms with Gasteiger partial charge in [0.25, 0.3) is 0 Å². The molecule has 1 saturated carbocycles. The highest BCUT2D eigenvalue weighted by Crippen LogP contribution is 2.32. The molecule has 24 heavy (non-hydrogen) atoms. The van der Waals surface area contributed by atoms with Gasteiger partial charge in [-0.1, -0.05) is 18.9 Å². The minimum absolute atomic E-state index is 0.0961. The molecule has 3 aliphatic rings. The highest BCUT2D eigenvalue weighted by molar-refractivity contribution is 5.92. The second-order valence-corrected chi connectivity index (χ2v) is 6.75. The summed E-state index contributed by atoms with van der Waals surface area (Å²) >= 11 is 0. The van der Waals surface area contributed by atoms with Crippen molar-refractivity contribution < 1.29 is 14.3 Å². The van der Waals surface area contributed by atoms with Crippen LogP contribution in [0.3, 0.4) is 0 Å². The second kappa shape index (κ2) is 6.85. The summed E-state index contributed by atoms with van der Waals surface area (Å²) in [4.78, 5) is 16.9. The number of carbonyl (C=O) groups excluding carboxylic acids is 1. The quantitative estimate of drug-likeness (QED) is 0.800. The Labute approximate surface area is 142 Å². The maximum atomic E-state index is 12.4. The fraction of sp³-hybridized carbons (Fsp3) is 0.526. The fourth-order valence-electron chi connectivity index (χ4n) is 3.87. The normalized spacial score (nSPS) is 21.8. The Bertz CT molecular complexity index is 629. The maximum Gasteiger partial charge on any atom is 0.246 e. The smallest absolute Gasteiger partial charge is 0.246 e. The third-order valence-electron chi connectivity index (χ3n) is 5.28. The van der Waals surface area contributed by atoms with Crippen LogP contribution in [0.25, 0.3) is 6.08 Å². The van der Waals surface area contributed by atoms with Crippen LogP contribution in [0.2, 0.25) is 0 Å². The zero-order valence-electron chi connectivity index (χ0n) is 13.9. The van der Waals surface area contributed by atoms with Crippen molar-refractivity contribution in [2.24, 2.45) is 0 Å². The first-order valence-corrected chi connectivity index (χ1v) is 8.90. The molecule has 5 nitrogen and oxygen atoms in total. The van der Waals surface area contributed by atoms with Gasteiger partial charge in [0.2, 0.25) is 12.7 Å². The molecule has 2 heterocycles. The van der Waals surface area contributed by atoms with Crippen LogP contribution < -0.4 is 9.47 Å². The average molecular weight is 328 g/mol. The van der Waals surface area contributed by atoms with Crippen LogP contribution in [0.4, 0.5) is 0 Å². The molecule has 0 radical (unpaired) electrons. The van der Waals surface area contributed by atoms with Crippen LogP contribution in [-0.4, -0.2) is 54.7 Å². The highest BCUT2D eigenvalue weighted by atomic mass is 16.7. The first kappa shape index (κ1) is 15.5. The number of rotatable bonds is 3. The average Bonchev–Trinajstić information content (AvgIpc) is 3.31. The van der Waals surface area contributed by atoms with Crippen LogP contribution >= 0.6 is 0 Å². The number of piperazine rings is 1. The fourth-order valence-corrected chi connectivity index (χ4v) is 3.87. The van der Waals surface area contributed by atoms with Gasteiger partial charge in [0.15, 0.2) is 11.5 Å². The van der Waals surface area contributed by atoms with Gasteiger partial charge in [0.05, 0.1) is 0 Å². The zero-order valence-corrected chi connectivity index (χ0v) is 13.9. The Morgan fingerprint density at radius 1 is 1.04 bits per heavy atom. The second-order valence-electron chi connectivity index (χ2n) is 6.75. The Hall–Kier alpha value is -2.01. The molecule has 0 N–H and O–H groups in total. The standard InChI is InChI=1S/C19H24N2O3/c22-19(8-6-15-5-7-17-18(13-15)24-14-23-17)21-11-9-20(10-12-21)16-3-1-2-4-16/h5-8,13,16H,1-4,9-12,14H2/b8-6+. The molecule has 5 heteroatoms. The molecule has 0 atom stereocenters. The van der Waals surface area contributed by atoms with Crippen molar-refractivity contribution in [3.8, 4) is 11.5 Å². The Balaban J connectivity index is 1.31. The molecule has 2 fully saturated rings. The largest absolute Gasteiger partial charge is 0.454 e. The predicted molar refractivity (Wildman–Crippen MR) is 92.0 cm³/mol. The lowest BCUT2D eigenvalue weighted by Gasteiger charge is -2.37. The van der Waals surface area contributed by atoms with Gasteiger partial charge < -0.3 is 14.4 Å². The van der Waals surface area contributed by atoms with E-state index in [1.54, 1.807) is 6.08 Å². The van der Waals surface area contributed by atoms with E-state index in [0.29, 0.717) is 0 Å². The Kier molecular flexibility index (Phi) is 4.43. The monoisotopic (exact) mass is 328 g/mol. The zero-order chi connectivity index (χ0) is 16.4. The maximum absolute atomic E-state index is 12.4. The molecule has 2 aliphatic heterocycles. The van der Waals surface area contributed by atoms with Gasteiger partial charge in [0.1, 0.15) is 0 Å². The molecule has 4 rings (SSSR count). The van der Waals surface area contributed by atoms with E-state index in [-0.39, 0.29) is 12.7 Å². The van der Waals surface area contributed by atoms with E-state index in [2.05, 4.69) is 4.90 Å². The SMILES string of the molecule is O=C(/C=C/c1ccc2c(c1)OCO2)N1CCN(C2CCCC2)CC1. The van der Waals surface area contributed by atoms with E-state index in [1.807, 2.05) is 29.2 Å². The topological polar surface area (TPSA) is 42.0 Å². The summed E-state index contributed by atoms with van der Waals surface area (Å²) in [6, 6.07) is 6.48. The summed E-state index contributed by atoms with van der Waals surface area (Å²) in [6.45, 7) is 3.96. The molecule has 128 valence electrons. The number of hydrogen-bond donors (Lipinski definition) is 0. The number of nitrogens with zero attached hydrogens (tertiary/aromatic N) is 2. The molecule has 1 saturated heterocycles.